The molecule has 0 fully saturated rings. The number of rotatable bonds is 5. The molecule has 106 valence electrons. The second-order valence-corrected chi connectivity index (χ2v) is 5.32. The fourth-order valence-corrected chi connectivity index (χ4v) is 2.36. The smallest absolute Gasteiger partial charge is 0.236 e. The SMILES string of the molecule is CC(C)CN(CC(N)=O)c1c(N)cnc2ccccc12. The first kappa shape index (κ1) is 14.1. The van der Waals surface area contributed by atoms with Crippen LogP contribution in [0.15, 0.2) is 30.5 Å². The summed E-state index contributed by atoms with van der Waals surface area (Å²) in [5, 5.41) is 0.939. The van der Waals surface area contributed by atoms with Crippen LogP contribution < -0.4 is 16.4 Å². The second-order valence-electron chi connectivity index (χ2n) is 5.32. The Morgan fingerprint density at radius 1 is 1.35 bits per heavy atom. The molecule has 0 bridgehead atoms. The van der Waals surface area contributed by atoms with Gasteiger partial charge in [-0.05, 0) is 12.0 Å². The second kappa shape index (κ2) is 5.77. The molecule has 1 aromatic heterocycles. The van der Waals surface area contributed by atoms with Crippen molar-refractivity contribution >= 4 is 28.2 Å². The van der Waals surface area contributed by atoms with Crippen molar-refractivity contribution in [3.63, 3.8) is 0 Å². The summed E-state index contributed by atoms with van der Waals surface area (Å²) in [5.41, 5.74) is 13.7. The van der Waals surface area contributed by atoms with Gasteiger partial charge in [-0.2, -0.15) is 0 Å². The highest BCUT2D eigenvalue weighted by molar-refractivity contribution is 5.98. The van der Waals surface area contributed by atoms with Crippen LogP contribution in [-0.2, 0) is 4.79 Å². The number of hydrogen-bond acceptors (Lipinski definition) is 4. The van der Waals surface area contributed by atoms with Crippen LogP contribution in [0.3, 0.4) is 0 Å². The predicted octanol–water partition coefficient (Wildman–Crippen LogP) is 1.76. The summed E-state index contributed by atoms with van der Waals surface area (Å²) in [4.78, 5) is 17.6. The number of amides is 1. The lowest BCUT2D eigenvalue weighted by atomic mass is 10.1. The highest BCUT2D eigenvalue weighted by Gasteiger charge is 2.17. The number of hydrogen-bond donors (Lipinski definition) is 2. The molecule has 0 saturated carbocycles. The molecule has 0 spiro atoms. The number of nitrogens with two attached hydrogens (primary N) is 2. The summed E-state index contributed by atoms with van der Waals surface area (Å²) in [5.74, 6) is 0.0200. The van der Waals surface area contributed by atoms with E-state index in [-0.39, 0.29) is 12.5 Å². The van der Waals surface area contributed by atoms with Crippen molar-refractivity contribution in [1.82, 2.24) is 4.98 Å². The topological polar surface area (TPSA) is 85.2 Å². The van der Waals surface area contributed by atoms with E-state index in [0.29, 0.717) is 18.2 Å². The Bertz CT molecular complexity index is 624. The van der Waals surface area contributed by atoms with Gasteiger partial charge in [0.25, 0.3) is 0 Å². The van der Waals surface area contributed by atoms with E-state index in [1.807, 2.05) is 29.2 Å². The molecule has 20 heavy (non-hydrogen) atoms. The number of carbonyl (C=O) groups excluding carboxylic acids is 1. The maximum Gasteiger partial charge on any atom is 0.236 e. The first-order valence-corrected chi connectivity index (χ1v) is 6.65. The molecule has 4 N–H and O–H groups in total. The lowest BCUT2D eigenvalue weighted by Crippen LogP contribution is -2.36. The van der Waals surface area contributed by atoms with Crippen molar-refractivity contribution in [3.8, 4) is 0 Å². The minimum absolute atomic E-state index is 0.149. The van der Waals surface area contributed by atoms with Gasteiger partial charge in [0.2, 0.25) is 5.91 Å². The number of nitrogens with zero attached hydrogens (tertiary/aromatic N) is 2. The zero-order chi connectivity index (χ0) is 14.7. The Hall–Kier alpha value is -2.30. The van der Waals surface area contributed by atoms with E-state index in [0.717, 1.165) is 16.6 Å². The maximum atomic E-state index is 11.3. The third-order valence-electron chi connectivity index (χ3n) is 3.02. The number of carbonyl (C=O) groups is 1. The lowest BCUT2D eigenvalue weighted by molar-refractivity contribution is -0.116. The van der Waals surface area contributed by atoms with Crippen LogP contribution in [0.4, 0.5) is 11.4 Å². The van der Waals surface area contributed by atoms with Crippen molar-refractivity contribution in [2.45, 2.75) is 13.8 Å². The first-order valence-electron chi connectivity index (χ1n) is 6.65. The van der Waals surface area contributed by atoms with Gasteiger partial charge in [-0.15, -0.1) is 0 Å². The van der Waals surface area contributed by atoms with Crippen molar-refractivity contribution in [2.75, 3.05) is 23.7 Å². The van der Waals surface area contributed by atoms with Crippen LogP contribution in [0.25, 0.3) is 10.9 Å². The molecule has 2 rings (SSSR count). The molecule has 0 unspecified atom stereocenters. The third-order valence-corrected chi connectivity index (χ3v) is 3.02. The Morgan fingerprint density at radius 2 is 2.05 bits per heavy atom. The molecule has 0 aliphatic rings. The average Bonchev–Trinajstić information content (AvgIpc) is 2.36. The minimum atomic E-state index is -0.369. The van der Waals surface area contributed by atoms with E-state index < -0.39 is 0 Å². The minimum Gasteiger partial charge on any atom is -0.396 e. The number of pyridine rings is 1. The van der Waals surface area contributed by atoms with E-state index in [1.165, 1.54) is 0 Å². The van der Waals surface area contributed by atoms with E-state index in [9.17, 15) is 4.79 Å². The number of para-hydroxylation sites is 1. The lowest BCUT2D eigenvalue weighted by Gasteiger charge is -2.27. The number of nitrogen functional groups attached to an aromatic ring is 1. The molecule has 0 saturated heterocycles. The quantitative estimate of drug-likeness (QED) is 0.868. The summed E-state index contributed by atoms with van der Waals surface area (Å²) in [6.07, 6.45) is 1.63. The molecular formula is C15H20N4O. The molecule has 2 aromatic rings. The fraction of sp³-hybridized carbons (Fsp3) is 0.333. The van der Waals surface area contributed by atoms with E-state index >= 15 is 0 Å². The fourth-order valence-electron chi connectivity index (χ4n) is 2.36. The molecule has 1 heterocycles. The van der Waals surface area contributed by atoms with E-state index in [1.54, 1.807) is 6.20 Å². The first-order chi connectivity index (χ1) is 9.49. The van der Waals surface area contributed by atoms with Gasteiger partial charge in [-0.25, -0.2) is 0 Å². The van der Waals surface area contributed by atoms with Crippen molar-refractivity contribution < 1.29 is 4.79 Å². The molecule has 1 amide bonds. The number of primary amides is 1. The molecular weight excluding hydrogens is 252 g/mol. The number of aromatic nitrogens is 1. The summed E-state index contributed by atoms with van der Waals surface area (Å²) < 4.78 is 0. The predicted molar refractivity (Wildman–Crippen MR) is 82.4 cm³/mol. The zero-order valence-corrected chi connectivity index (χ0v) is 11.8. The average molecular weight is 272 g/mol. The summed E-state index contributed by atoms with van der Waals surface area (Å²) in [7, 11) is 0. The highest BCUT2D eigenvalue weighted by Crippen LogP contribution is 2.31. The normalized spacial score (nSPS) is 10.9. The van der Waals surface area contributed by atoms with Crippen LogP contribution in [-0.4, -0.2) is 24.0 Å². The van der Waals surface area contributed by atoms with Gasteiger partial charge in [0.05, 0.1) is 29.6 Å². The van der Waals surface area contributed by atoms with Crippen LogP contribution in [0.2, 0.25) is 0 Å². The van der Waals surface area contributed by atoms with Crippen LogP contribution in [0, 0.1) is 5.92 Å². The van der Waals surface area contributed by atoms with Crippen LogP contribution in [0.1, 0.15) is 13.8 Å². The molecule has 0 atom stereocenters. The van der Waals surface area contributed by atoms with Gasteiger partial charge < -0.3 is 16.4 Å². The van der Waals surface area contributed by atoms with E-state index in [4.69, 9.17) is 11.5 Å². The van der Waals surface area contributed by atoms with E-state index in [2.05, 4.69) is 18.8 Å². The summed E-state index contributed by atoms with van der Waals surface area (Å²) >= 11 is 0. The monoisotopic (exact) mass is 272 g/mol. The molecule has 5 heteroatoms. The van der Waals surface area contributed by atoms with Gasteiger partial charge in [-0.1, -0.05) is 32.0 Å². The van der Waals surface area contributed by atoms with Gasteiger partial charge in [-0.3, -0.25) is 9.78 Å². The van der Waals surface area contributed by atoms with Crippen LogP contribution >= 0.6 is 0 Å². The van der Waals surface area contributed by atoms with Crippen molar-refractivity contribution in [2.24, 2.45) is 11.7 Å². The van der Waals surface area contributed by atoms with Gasteiger partial charge in [0.15, 0.2) is 0 Å². The Kier molecular flexibility index (Phi) is 4.08. The maximum absolute atomic E-state index is 11.3. The Balaban J connectivity index is 2.56. The number of anilines is 2. The standard InChI is InChI=1S/C15H20N4O/c1-10(2)8-19(9-14(17)20)15-11-5-3-4-6-13(11)18-7-12(15)16/h3-7,10H,8-9,16H2,1-2H3,(H2,17,20). The molecule has 0 radical (unpaired) electrons. The van der Waals surface area contributed by atoms with Gasteiger partial charge in [0, 0.05) is 11.9 Å². The third kappa shape index (κ3) is 2.99. The zero-order valence-electron chi connectivity index (χ0n) is 11.8. The molecule has 1 aromatic carbocycles. The Labute approximate surface area is 118 Å². The van der Waals surface area contributed by atoms with Crippen molar-refractivity contribution in [3.05, 3.63) is 30.5 Å². The van der Waals surface area contributed by atoms with Gasteiger partial charge >= 0.3 is 0 Å². The van der Waals surface area contributed by atoms with Crippen LogP contribution in [0.5, 0.6) is 0 Å². The highest BCUT2D eigenvalue weighted by atomic mass is 16.1. The summed E-state index contributed by atoms with van der Waals surface area (Å²) in [6.45, 7) is 5.04. The summed E-state index contributed by atoms with van der Waals surface area (Å²) in [6, 6.07) is 7.75. The largest absolute Gasteiger partial charge is 0.396 e. The van der Waals surface area contributed by atoms with Gasteiger partial charge in [0.1, 0.15) is 0 Å². The Morgan fingerprint density at radius 3 is 2.70 bits per heavy atom. The molecule has 5 nitrogen and oxygen atoms in total. The number of fused-ring (bicyclic) bond motifs is 1. The molecule has 0 aliphatic carbocycles. The molecule has 0 aliphatic heterocycles. The number of benzene rings is 1. The van der Waals surface area contributed by atoms with Crippen molar-refractivity contribution in [1.29, 1.82) is 0 Å².